The number of carbonyl (C=O) groups is 2. The third-order valence-corrected chi connectivity index (χ3v) is 3.98. The van der Waals surface area contributed by atoms with Crippen LogP contribution in [0.3, 0.4) is 0 Å². The van der Waals surface area contributed by atoms with Crippen molar-refractivity contribution in [1.29, 1.82) is 0 Å². The molecule has 2 aromatic carbocycles. The minimum absolute atomic E-state index is 0.0141. The Labute approximate surface area is 130 Å². The monoisotopic (exact) mass is 296 g/mol. The summed E-state index contributed by atoms with van der Waals surface area (Å²) in [5, 5.41) is 5.04. The number of rotatable bonds is 3. The van der Waals surface area contributed by atoms with Crippen LogP contribution in [0.15, 0.2) is 42.5 Å². The molecule has 2 aromatic rings. The van der Waals surface area contributed by atoms with Crippen LogP contribution >= 0.6 is 0 Å². The predicted molar refractivity (Wildman–Crippen MR) is 87.7 cm³/mol. The van der Waals surface area contributed by atoms with Gasteiger partial charge in [-0.3, -0.25) is 9.59 Å². The van der Waals surface area contributed by atoms with Gasteiger partial charge in [0.2, 0.25) is 11.8 Å². The molecule has 0 radical (unpaired) electrons. The molecule has 0 spiro atoms. The number of anilines is 1. The lowest BCUT2D eigenvalue weighted by Gasteiger charge is -2.19. The highest BCUT2D eigenvalue weighted by Gasteiger charge is 2.35. The molecule has 4 nitrogen and oxygen atoms in total. The van der Waals surface area contributed by atoms with Gasteiger partial charge in [-0.2, -0.15) is 0 Å². The van der Waals surface area contributed by atoms with Gasteiger partial charge in [-0.1, -0.05) is 36.4 Å². The topological polar surface area (TPSA) is 49.4 Å². The van der Waals surface area contributed by atoms with Crippen LogP contribution in [0.2, 0.25) is 0 Å². The first-order chi connectivity index (χ1) is 10.6. The van der Waals surface area contributed by atoms with E-state index in [2.05, 4.69) is 5.32 Å². The second-order valence-electron chi connectivity index (χ2n) is 6.07. The highest BCUT2D eigenvalue weighted by atomic mass is 16.2. The zero-order valence-electron chi connectivity index (χ0n) is 12.9. The lowest BCUT2D eigenvalue weighted by atomic mass is 10.1. The summed E-state index contributed by atoms with van der Waals surface area (Å²) in [5.74, 6) is -0.291. The van der Waals surface area contributed by atoms with E-state index in [9.17, 15) is 9.59 Å². The summed E-state index contributed by atoms with van der Waals surface area (Å²) >= 11 is 0. The quantitative estimate of drug-likeness (QED) is 0.946. The summed E-state index contributed by atoms with van der Waals surface area (Å²) in [5.41, 5.74) is 0.892. The van der Waals surface area contributed by atoms with E-state index in [1.165, 1.54) is 0 Å². The number of carbonyl (C=O) groups excluding carboxylic acids is 2. The van der Waals surface area contributed by atoms with E-state index in [4.69, 9.17) is 0 Å². The molecule has 1 fully saturated rings. The molecule has 1 N–H and O–H groups in total. The van der Waals surface area contributed by atoms with Crippen LogP contribution in [0.1, 0.15) is 20.3 Å². The molecule has 1 saturated heterocycles. The second-order valence-corrected chi connectivity index (χ2v) is 6.07. The fraction of sp³-hybridized carbons (Fsp3) is 0.333. The molecule has 0 bridgehead atoms. The summed E-state index contributed by atoms with van der Waals surface area (Å²) in [6.07, 6.45) is 0.280. The summed E-state index contributed by atoms with van der Waals surface area (Å²) in [6.45, 7) is 4.31. The Morgan fingerprint density at radius 3 is 2.68 bits per heavy atom. The van der Waals surface area contributed by atoms with Crippen molar-refractivity contribution < 1.29 is 9.59 Å². The van der Waals surface area contributed by atoms with E-state index >= 15 is 0 Å². The Kier molecular flexibility index (Phi) is 3.84. The van der Waals surface area contributed by atoms with Crippen molar-refractivity contribution >= 4 is 28.3 Å². The van der Waals surface area contributed by atoms with Crippen molar-refractivity contribution in [3.63, 3.8) is 0 Å². The fourth-order valence-corrected chi connectivity index (χ4v) is 2.96. The summed E-state index contributed by atoms with van der Waals surface area (Å²) < 4.78 is 0. The Bertz CT molecular complexity index is 719. The van der Waals surface area contributed by atoms with E-state index in [0.29, 0.717) is 6.54 Å². The molecule has 4 heteroatoms. The van der Waals surface area contributed by atoms with Gasteiger partial charge in [0.1, 0.15) is 0 Å². The molecular weight excluding hydrogens is 276 g/mol. The van der Waals surface area contributed by atoms with Crippen molar-refractivity contribution in [2.75, 3.05) is 11.4 Å². The molecule has 22 heavy (non-hydrogen) atoms. The molecular formula is C18H20N2O2. The van der Waals surface area contributed by atoms with Gasteiger partial charge in [-0.25, -0.2) is 0 Å². The van der Waals surface area contributed by atoms with E-state index in [1.54, 1.807) is 4.90 Å². The number of nitrogens with zero attached hydrogens (tertiary/aromatic N) is 1. The molecule has 0 saturated carbocycles. The highest BCUT2D eigenvalue weighted by molar-refractivity contribution is 6.06. The van der Waals surface area contributed by atoms with Crippen LogP contribution in [0.5, 0.6) is 0 Å². The summed E-state index contributed by atoms with van der Waals surface area (Å²) in [4.78, 5) is 26.3. The molecule has 1 atom stereocenters. The standard InChI is InChI=1S/C18H20N2O2/c1-12(2)19-18(22)14-10-17(21)20(11-14)16-9-5-7-13-6-3-4-8-15(13)16/h3-9,12,14H,10-11H2,1-2H3,(H,19,22). The van der Waals surface area contributed by atoms with Gasteiger partial charge in [0.05, 0.1) is 11.6 Å². The molecule has 1 unspecified atom stereocenters. The molecule has 1 aliphatic rings. The normalized spacial score (nSPS) is 18.2. The average Bonchev–Trinajstić information content (AvgIpc) is 2.88. The summed E-state index contributed by atoms with van der Waals surface area (Å²) in [7, 11) is 0. The zero-order valence-corrected chi connectivity index (χ0v) is 12.9. The highest BCUT2D eigenvalue weighted by Crippen LogP contribution is 2.31. The molecule has 2 amide bonds. The maximum Gasteiger partial charge on any atom is 0.227 e. The smallest absolute Gasteiger partial charge is 0.227 e. The number of amides is 2. The maximum atomic E-state index is 12.4. The molecule has 1 heterocycles. The third-order valence-electron chi connectivity index (χ3n) is 3.98. The molecule has 0 aliphatic carbocycles. The van der Waals surface area contributed by atoms with Gasteiger partial charge in [-0.15, -0.1) is 0 Å². The average molecular weight is 296 g/mol. The van der Waals surface area contributed by atoms with Crippen molar-refractivity contribution in [2.45, 2.75) is 26.3 Å². The number of nitrogens with one attached hydrogen (secondary N) is 1. The number of hydrogen-bond acceptors (Lipinski definition) is 2. The predicted octanol–water partition coefficient (Wildman–Crippen LogP) is 2.72. The number of hydrogen-bond donors (Lipinski definition) is 1. The zero-order chi connectivity index (χ0) is 15.7. The van der Waals surface area contributed by atoms with Gasteiger partial charge in [0, 0.05) is 24.4 Å². The van der Waals surface area contributed by atoms with E-state index in [0.717, 1.165) is 16.5 Å². The van der Waals surface area contributed by atoms with Gasteiger partial charge < -0.3 is 10.2 Å². The maximum absolute atomic E-state index is 12.4. The van der Waals surface area contributed by atoms with Crippen molar-refractivity contribution in [2.24, 2.45) is 5.92 Å². The van der Waals surface area contributed by atoms with Gasteiger partial charge in [-0.05, 0) is 25.3 Å². The van der Waals surface area contributed by atoms with Gasteiger partial charge >= 0.3 is 0 Å². The number of benzene rings is 2. The molecule has 0 aromatic heterocycles. The van der Waals surface area contributed by atoms with Crippen LogP contribution in [0, 0.1) is 5.92 Å². The van der Waals surface area contributed by atoms with Crippen LogP contribution in [-0.4, -0.2) is 24.4 Å². The van der Waals surface area contributed by atoms with Crippen molar-refractivity contribution in [3.05, 3.63) is 42.5 Å². The van der Waals surface area contributed by atoms with Crippen LogP contribution in [-0.2, 0) is 9.59 Å². The SMILES string of the molecule is CC(C)NC(=O)C1CC(=O)N(c2cccc3ccccc23)C1. The first-order valence-electron chi connectivity index (χ1n) is 7.65. The Morgan fingerprint density at radius 1 is 1.18 bits per heavy atom. The third kappa shape index (κ3) is 2.69. The van der Waals surface area contributed by atoms with E-state index < -0.39 is 0 Å². The van der Waals surface area contributed by atoms with Crippen LogP contribution in [0.4, 0.5) is 5.69 Å². The van der Waals surface area contributed by atoms with E-state index in [1.807, 2.05) is 56.3 Å². The molecule has 114 valence electrons. The Morgan fingerprint density at radius 2 is 1.91 bits per heavy atom. The first kappa shape index (κ1) is 14.6. The van der Waals surface area contributed by atoms with Crippen LogP contribution < -0.4 is 10.2 Å². The Balaban J connectivity index is 1.89. The van der Waals surface area contributed by atoms with Crippen molar-refractivity contribution in [1.82, 2.24) is 5.32 Å². The second kappa shape index (κ2) is 5.79. The largest absolute Gasteiger partial charge is 0.354 e. The lowest BCUT2D eigenvalue weighted by Crippen LogP contribution is -2.37. The van der Waals surface area contributed by atoms with Crippen molar-refractivity contribution in [3.8, 4) is 0 Å². The number of fused-ring (bicyclic) bond motifs is 1. The van der Waals surface area contributed by atoms with Gasteiger partial charge in [0.15, 0.2) is 0 Å². The van der Waals surface area contributed by atoms with Gasteiger partial charge in [0.25, 0.3) is 0 Å². The lowest BCUT2D eigenvalue weighted by molar-refractivity contribution is -0.126. The first-order valence-corrected chi connectivity index (χ1v) is 7.65. The Hall–Kier alpha value is -2.36. The molecule has 1 aliphatic heterocycles. The minimum atomic E-state index is -0.270. The summed E-state index contributed by atoms with van der Waals surface area (Å²) in [6, 6.07) is 14.0. The fourth-order valence-electron chi connectivity index (χ4n) is 2.96. The minimum Gasteiger partial charge on any atom is -0.354 e. The molecule has 3 rings (SSSR count). The van der Waals surface area contributed by atoms with Crippen LogP contribution in [0.25, 0.3) is 10.8 Å². The van der Waals surface area contributed by atoms with E-state index in [-0.39, 0.29) is 30.2 Å².